The number of carbonyl (C=O) groups excluding carboxylic acids is 1. The molecule has 0 spiro atoms. The molecule has 2 rings (SSSR count). The molecular formula is C19H30O3Si. The fourth-order valence-corrected chi connectivity index (χ4v) is 7.83. The number of rotatable bonds is 8. The molecule has 0 radical (unpaired) electrons. The molecule has 0 saturated carbocycles. The Labute approximate surface area is 141 Å². The molecule has 0 unspecified atom stereocenters. The van der Waals surface area contributed by atoms with Crippen molar-refractivity contribution in [3.63, 3.8) is 0 Å². The van der Waals surface area contributed by atoms with Crippen LogP contribution in [0.2, 0.25) is 18.6 Å². The van der Waals surface area contributed by atoms with Gasteiger partial charge in [-0.2, -0.15) is 0 Å². The topological polar surface area (TPSA) is 35.5 Å². The smallest absolute Gasteiger partial charge is 0.125 e. The summed E-state index contributed by atoms with van der Waals surface area (Å²) in [6, 6.07) is 10.6. The summed E-state index contributed by atoms with van der Waals surface area (Å²) in [5.41, 5.74) is 0.268. The molecule has 3 nitrogen and oxygen atoms in total. The van der Waals surface area contributed by atoms with Crippen molar-refractivity contribution in [1.82, 2.24) is 0 Å². The van der Waals surface area contributed by atoms with E-state index in [-0.39, 0.29) is 23.7 Å². The van der Waals surface area contributed by atoms with Crippen LogP contribution < -0.4 is 5.19 Å². The second-order valence-electron chi connectivity index (χ2n) is 7.14. The third-order valence-electron chi connectivity index (χ3n) is 5.28. The molecule has 23 heavy (non-hydrogen) atoms. The number of carbonyl (C=O) groups is 1. The van der Waals surface area contributed by atoms with E-state index >= 15 is 0 Å². The van der Waals surface area contributed by atoms with Gasteiger partial charge in [-0.05, 0) is 12.0 Å². The highest BCUT2D eigenvalue weighted by atomic mass is 28.3. The summed E-state index contributed by atoms with van der Waals surface area (Å²) in [6.07, 6.45) is 4.43. The summed E-state index contributed by atoms with van der Waals surface area (Å²) in [5.74, 6) is -0.0106. The molecule has 0 amide bonds. The predicted octanol–water partition coefficient (Wildman–Crippen LogP) is 3.39. The summed E-state index contributed by atoms with van der Waals surface area (Å²) in [7, 11) is -0.133. The Hall–Kier alpha value is -0.973. The van der Waals surface area contributed by atoms with E-state index in [1.807, 2.05) is 6.07 Å². The molecule has 1 saturated heterocycles. The summed E-state index contributed by atoms with van der Waals surface area (Å²) in [6.45, 7) is 7.47. The highest BCUT2D eigenvalue weighted by molar-refractivity contribution is 6.91. The Morgan fingerprint density at radius 3 is 2.48 bits per heavy atom. The van der Waals surface area contributed by atoms with Gasteiger partial charge >= 0.3 is 0 Å². The zero-order chi connectivity index (χ0) is 16.9. The highest BCUT2D eigenvalue weighted by Gasteiger charge is 2.52. The number of aldehydes is 1. The standard InChI is InChI=1S/C19H30O3Si/c1-5-6-12-17-16(13-20)19(18(22-17)14-21-2)23(3,4)15-10-8-7-9-11-15/h7-11,13,16-19H,5-6,12,14H2,1-4H3/t16-,17+,18+,19+/m1/s1. The maximum absolute atomic E-state index is 11.9. The van der Waals surface area contributed by atoms with Gasteiger partial charge < -0.3 is 14.3 Å². The molecule has 4 heteroatoms. The van der Waals surface area contributed by atoms with Crippen LogP contribution in [0.25, 0.3) is 0 Å². The maximum Gasteiger partial charge on any atom is 0.125 e. The Morgan fingerprint density at radius 1 is 1.22 bits per heavy atom. The number of methoxy groups -OCH3 is 1. The second-order valence-corrected chi connectivity index (χ2v) is 11.8. The quantitative estimate of drug-likeness (QED) is 0.540. The van der Waals surface area contributed by atoms with Crippen LogP contribution >= 0.6 is 0 Å². The third kappa shape index (κ3) is 3.93. The van der Waals surface area contributed by atoms with E-state index in [1.54, 1.807) is 7.11 Å². The first-order chi connectivity index (χ1) is 11.1. The lowest BCUT2D eigenvalue weighted by Crippen LogP contribution is -2.51. The fourth-order valence-electron chi connectivity index (χ4n) is 4.03. The van der Waals surface area contributed by atoms with Crippen molar-refractivity contribution in [1.29, 1.82) is 0 Å². The van der Waals surface area contributed by atoms with Crippen molar-refractivity contribution < 1.29 is 14.3 Å². The Morgan fingerprint density at radius 2 is 1.91 bits per heavy atom. The summed E-state index contributed by atoms with van der Waals surface area (Å²) < 4.78 is 11.7. The van der Waals surface area contributed by atoms with Gasteiger partial charge in [0.05, 0.1) is 26.9 Å². The molecule has 1 aromatic rings. The van der Waals surface area contributed by atoms with Crippen molar-refractivity contribution in [2.45, 2.75) is 57.0 Å². The molecule has 0 bridgehead atoms. The molecule has 128 valence electrons. The van der Waals surface area contributed by atoms with E-state index in [2.05, 4.69) is 44.3 Å². The van der Waals surface area contributed by atoms with Crippen molar-refractivity contribution in [3.8, 4) is 0 Å². The van der Waals surface area contributed by atoms with Crippen molar-refractivity contribution in [2.75, 3.05) is 13.7 Å². The van der Waals surface area contributed by atoms with Crippen LogP contribution in [-0.4, -0.2) is 40.3 Å². The minimum Gasteiger partial charge on any atom is -0.382 e. The molecule has 1 fully saturated rings. The lowest BCUT2D eigenvalue weighted by molar-refractivity contribution is -0.112. The Balaban J connectivity index is 2.32. The largest absolute Gasteiger partial charge is 0.382 e. The fraction of sp³-hybridized carbons (Fsp3) is 0.632. The van der Waals surface area contributed by atoms with Gasteiger partial charge in [0.15, 0.2) is 0 Å². The first-order valence-electron chi connectivity index (χ1n) is 8.71. The molecule has 0 aliphatic carbocycles. The zero-order valence-corrected chi connectivity index (χ0v) is 15.8. The van der Waals surface area contributed by atoms with Gasteiger partial charge in [0.25, 0.3) is 0 Å². The lowest BCUT2D eigenvalue weighted by atomic mass is 9.96. The normalized spacial score (nSPS) is 28.0. The monoisotopic (exact) mass is 334 g/mol. The van der Waals surface area contributed by atoms with Gasteiger partial charge in [0.1, 0.15) is 6.29 Å². The predicted molar refractivity (Wildman–Crippen MR) is 96.9 cm³/mol. The van der Waals surface area contributed by atoms with Crippen molar-refractivity contribution in [3.05, 3.63) is 30.3 Å². The van der Waals surface area contributed by atoms with Crippen LogP contribution in [0, 0.1) is 5.92 Å². The second kappa shape index (κ2) is 8.22. The molecule has 1 aliphatic rings. The number of ether oxygens (including phenoxy) is 2. The van der Waals surface area contributed by atoms with Crippen LogP contribution in [0.3, 0.4) is 0 Å². The van der Waals surface area contributed by atoms with E-state index < -0.39 is 8.07 Å². The van der Waals surface area contributed by atoms with Gasteiger partial charge in [-0.1, -0.05) is 68.4 Å². The van der Waals surface area contributed by atoms with Crippen molar-refractivity contribution in [2.24, 2.45) is 5.92 Å². The molecule has 0 N–H and O–H groups in total. The van der Waals surface area contributed by atoms with E-state index in [9.17, 15) is 4.79 Å². The average Bonchev–Trinajstić information content (AvgIpc) is 2.92. The van der Waals surface area contributed by atoms with Crippen LogP contribution in [-0.2, 0) is 14.3 Å². The third-order valence-corrected chi connectivity index (χ3v) is 9.52. The number of hydrogen-bond donors (Lipinski definition) is 0. The molecule has 1 heterocycles. The lowest BCUT2D eigenvalue weighted by Gasteiger charge is -2.35. The Kier molecular flexibility index (Phi) is 6.57. The molecule has 4 atom stereocenters. The number of hydrogen-bond acceptors (Lipinski definition) is 3. The van der Waals surface area contributed by atoms with Crippen LogP contribution in [0.4, 0.5) is 0 Å². The van der Waals surface area contributed by atoms with E-state index in [0.717, 1.165) is 25.5 Å². The molecular weight excluding hydrogens is 304 g/mol. The molecule has 0 aromatic heterocycles. The number of unbranched alkanes of at least 4 members (excludes halogenated alkanes) is 1. The van der Waals surface area contributed by atoms with E-state index in [1.165, 1.54) is 5.19 Å². The average molecular weight is 335 g/mol. The van der Waals surface area contributed by atoms with E-state index in [4.69, 9.17) is 9.47 Å². The van der Waals surface area contributed by atoms with Crippen LogP contribution in [0.1, 0.15) is 26.2 Å². The summed E-state index contributed by atoms with van der Waals surface area (Å²) in [5, 5.41) is 1.39. The van der Waals surface area contributed by atoms with Crippen molar-refractivity contribution >= 4 is 19.5 Å². The van der Waals surface area contributed by atoms with Gasteiger partial charge in [-0.15, -0.1) is 0 Å². The first-order valence-corrected chi connectivity index (χ1v) is 11.8. The SMILES string of the molecule is CCCC[C@@H]1O[C@@H](COC)[C@@H]([Si](C)(C)c2ccccc2)[C@@H]1C=O. The molecule has 1 aromatic carbocycles. The maximum atomic E-state index is 11.9. The minimum absolute atomic E-state index is 0.0106. The minimum atomic E-state index is -1.85. The van der Waals surface area contributed by atoms with E-state index in [0.29, 0.717) is 6.61 Å². The van der Waals surface area contributed by atoms with Crippen LogP contribution in [0.15, 0.2) is 30.3 Å². The highest BCUT2D eigenvalue weighted by Crippen LogP contribution is 2.44. The first kappa shape index (κ1) is 18.4. The summed E-state index contributed by atoms with van der Waals surface area (Å²) >= 11 is 0. The Bertz CT molecular complexity index is 489. The van der Waals surface area contributed by atoms with Crippen LogP contribution in [0.5, 0.6) is 0 Å². The van der Waals surface area contributed by atoms with Gasteiger partial charge in [-0.3, -0.25) is 0 Å². The zero-order valence-electron chi connectivity index (χ0n) is 14.8. The molecule has 1 aliphatic heterocycles. The summed E-state index contributed by atoms with van der Waals surface area (Å²) in [4.78, 5) is 11.9. The number of benzene rings is 1. The van der Waals surface area contributed by atoms with Gasteiger partial charge in [-0.25, -0.2) is 0 Å². The van der Waals surface area contributed by atoms with Gasteiger partial charge in [0.2, 0.25) is 0 Å². The van der Waals surface area contributed by atoms with Gasteiger partial charge in [0, 0.05) is 13.0 Å².